The molecule has 158 valence electrons. The van der Waals surface area contributed by atoms with Crippen molar-refractivity contribution in [1.29, 1.82) is 0 Å². The molecule has 26 heavy (non-hydrogen) atoms. The first-order chi connectivity index (χ1) is 12.1. The minimum absolute atomic E-state index is 0. The Balaban J connectivity index is 0. The molecule has 0 fully saturated rings. The zero-order valence-corrected chi connectivity index (χ0v) is 22.8. The summed E-state index contributed by atoms with van der Waals surface area (Å²) in [5, 5.41) is 0. The smallest absolute Gasteiger partial charge is 1.00 e. The van der Waals surface area contributed by atoms with Crippen LogP contribution in [0.4, 0.5) is 0 Å². The Kier molecular flexibility index (Phi) is 23.4. The molecule has 0 heterocycles. The van der Waals surface area contributed by atoms with E-state index in [0.717, 1.165) is 17.8 Å². The van der Waals surface area contributed by atoms with Gasteiger partial charge >= 0.3 is 169 Å². The van der Waals surface area contributed by atoms with Crippen LogP contribution in [0.15, 0.2) is 0 Å². The Bertz CT molecular complexity index is 226. The van der Waals surface area contributed by atoms with Gasteiger partial charge in [-0.2, -0.15) is 0 Å². The first-order valence-electron chi connectivity index (χ1n) is 12.0. The van der Waals surface area contributed by atoms with Gasteiger partial charge in [-0.3, -0.25) is 0 Å². The number of rotatable bonds is 18. The van der Waals surface area contributed by atoms with E-state index >= 15 is 0 Å². The van der Waals surface area contributed by atoms with Crippen LogP contribution < -0.4 is 12.4 Å². The number of hydrogen-bond donors (Lipinski definition) is 0. The molecule has 0 saturated carbocycles. The van der Waals surface area contributed by atoms with Crippen LogP contribution in [0.25, 0.3) is 0 Å². The fourth-order valence-electron chi connectivity index (χ4n) is 4.30. The molecule has 0 aliphatic carbocycles. The van der Waals surface area contributed by atoms with Crippen molar-refractivity contribution in [3.05, 3.63) is 0 Å². The van der Waals surface area contributed by atoms with Gasteiger partial charge in [-0.25, -0.2) is 0 Å². The molecule has 0 aliphatic rings. The van der Waals surface area contributed by atoms with Crippen molar-refractivity contribution in [1.82, 2.24) is 0 Å². The fraction of sp³-hybridized carbons (Fsp3) is 1.00. The molecule has 0 N–H and O–H groups in total. The van der Waals surface area contributed by atoms with E-state index in [4.69, 9.17) is 0 Å². The summed E-state index contributed by atoms with van der Waals surface area (Å²) in [5.41, 5.74) is 0. The SMILES string of the molecule is CCCCC(CC)[CH2][Sn+]([CH2]C(CC)CCCC)[CH2]C(CC)CCCC.[Cl-]. The van der Waals surface area contributed by atoms with Gasteiger partial charge in [0.05, 0.1) is 0 Å². The topological polar surface area (TPSA) is 0 Å². The van der Waals surface area contributed by atoms with Crippen LogP contribution in [0.3, 0.4) is 0 Å². The third-order valence-electron chi connectivity index (χ3n) is 6.36. The number of unbranched alkanes of at least 4 members (excludes halogenated alkanes) is 3. The molecule has 0 spiro atoms. The molecule has 0 aromatic carbocycles. The first-order valence-corrected chi connectivity index (χ1v) is 18.0. The van der Waals surface area contributed by atoms with Crippen LogP contribution in [-0.4, -0.2) is 19.8 Å². The predicted octanol–water partition coefficient (Wildman–Crippen LogP) is 6.13. The van der Waals surface area contributed by atoms with Crippen molar-refractivity contribution in [3.63, 3.8) is 0 Å². The van der Waals surface area contributed by atoms with E-state index in [0.29, 0.717) is 0 Å². The third-order valence-corrected chi connectivity index (χ3v) is 16.2. The van der Waals surface area contributed by atoms with Crippen molar-refractivity contribution in [2.45, 2.75) is 132 Å². The summed E-state index contributed by atoms with van der Waals surface area (Å²) in [6, 6.07) is 0. The van der Waals surface area contributed by atoms with Crippen molar-refractivity contribution in [3.8, 4) is 0 Å². The molecule has 3 atom stereocenters. The van der Waals surface area contributed by atoms with Crippen LogP contribution in [0.5, 0.6) is 0 Å². The second-order valence-corrected chi connectivity index (χ2v) is 16.4. The maximum Gasteiger partial charge on any atom is -1.00 e. The Morgan fingerprint density at radius 3 is 0.962 bits per heavy atom. The fourth-order valence-corrected chi connectivity index (χ4v) is 16.9. The zero-order valence-electron chi connectivity index (χ0n) is 19.2. The van der Waals surface area contributed by atoms with Crippen LogP contribution in [0.1, 0.15) is 119 Å². The van der Waals surface area contributed by atoms with E-state index in [1.165, 1.54) is 77.0 Å². The van der Waals surface area contributed by atoms with Crippen LogP contribution in [-0.2, 0) is 0 Å². The minimum atomic E-state index is -1.25. The second kappa shape index (κ2) is 20.8. The van der Waals surface area contributed by atoms with Gasteiger partial charge in [0.1, 0.15) is 0 Å². The normalized spacial score (nSPS) is 14.5. The first kappa shape index (κ1) is 29.3. The van der Waals surface area contributed by atoms with Gasteiger partial charge < -0.3 is 12.4 Å². The summed E-state index contributed by atoms with van der Waals surface area (Å²) >= 11 is -1.25. The van der Waals surface area contributed by atoms with Gasteiger partial charge in [-0.05, 0) is 0 Å². The standard InChI is InChI=1S/3C8H17.ClH.Sn/c3*1-4-6-7-8(3)5-2;;/h3*8H,3-7H2,1-2H3;1H;/q;;;;+1/p-1. The summed E-state index contributed by atoms with van der Waals surface area (Å²) < 4.78 is 5.14. The summed E-state index contributed by atoms with van der Waals surface area (Å²) in [5.74, 6) is 3.21. The van der Waals surface area contributed by atoms with Gasteiger partial charge in [-0.15, -0.1) is 0 Å². The van der Waals surface area contributed by atoms with E-state index in [9.17, 15) is 0 Å². The second-order valence-electron chi connectivity index (χ2n) is 8.61. The van der Waals surface area contributed by atoms with Crippen LogP contribution >= 0.6 is 0 Å². The van der Waals surface area contributed by atoms with E-state index in [1.54, 1.807) is 13.3 Å². The molecule has 0 aliphatic heterocycles. The molecule has 0 rings (SSSR count). The van der Waals surface area contributed by atoms with Gasteiger partial charge in [0, 0.05) is 0 Å². The average molecular weight is 494 g/mol. The third kappa shape index (κ3) is 15.1. The summed E-state index contributed by atoms with van der Waals surface area (Å²) in [6.07, 6.45) is 17.5. The molecule has 0 radical (unpaired) electrons. The Labute approximate surface area is 181 Å². The summed E-state index contributed by atoms with van der Waals surface area (Å²) in [7, 11) is 0. The molecule has 0 nitrogen and oxygen atoms in total. The number of halogens is 1. The van der Waals surface area contributed by atoms with Gasteiger partial charge in [-0.1, -0.05) is 0 Å². The predicted molar refractivity (Wildman–Crippen MR) is 120 cm³/mol. The molecular weight excluding hydrogens is 442 g/mol. The molecule has 0 bridgehead atoms. The Morgan fingerprint density at radius 2 is 0.769 bits per heavy atom. The molecule has 0 amide bonds. The molecular formula is C24H51ClSn. The molecule has 0 saturated heterocycles. The maximum absolute atomic E-state index is 2.46. The van der Waals surface area contributed by atoms with Crippen molar-refractivity contribution >= 4 is 19.8 Å². The van der Waals surface area contributed by atoms with Crippen molar-refractivity contribution < 1.29 is 12.4 Å². The van der Waals surface area contributed by atoms with Crippen molar-refractivity contribution in [2.75, 3.05) is 0 Å². The molecule has 3 unspecified atom stereocenters. The van der Waals surface area contributed by atoms with E-state index in [-0.39, 0.29) is 12.4 Å². The minimum Gasteiger partial charge on any atom is -1.00 e. The van der Waals surface area contributed by atoms with Crippen LogP contribution in [0.2, 0.25) is 13.3 Å². The van der Waals surface area contributed by atoms with E-state index in [1.807, 2.05) is 0 Å². The maximum atomic E-state index is 2.46. The molecule has 2 heteroatoms. The zero-order chi connectivity index (χ0) is 18.9. The molecule has 0 aromatic heterocycles. The summed E-state index contributed by atoms with van der Waals surface area (Å²) in [4.78, 5) is 0. The van der Waals surface area contributed by atoms with E-state index in [2.05, 4.69) is 41.5 Å². The monoisotopic (exact) mass is 494 g/mol. The quantitative estimate of drug-likeness (QED) is 0.201. The van der Waals surface area contributed by atoms with Gasteiger partial charge in [0.15, 0.2) is 0 Å². The average Bonchev–Trinajstić information content (AvgIpc) is 2.64. The largest absolute Gasteiger partial charge is 1.00 e. The molecule has 0 aromatic rings. The Hall–Kier alpha value is 1.09. The van der Waals surface area contributed by atoms with Crippen molar-refractivity contribution in [2.24, 2.45) is 17.8 Å². The Morgan fingerprint density at radius 1 is 0.500 bits per heavy atom. The summed E-state index contributed by atoms with van der Waals surface area (Å²) in [6.45, 7) is 14.5. The number of hydrogen-bond acceptors (Lipinski definition) is 0. The van der Waals surface area contributed by atoms with Crippen LogP contribution in [0, 0.1) is 17.8 Å². The van der Waals surface area contributed by atoms with Gasteiger partial charge in [0.25, 0.3) is 0 Å². The van der Waals surface area contributed by atoms with E-state index < -0.39 is 19.8 Å². The van der Waals surface area contributed by atoms with Gasteiger partial charge in [0.2, 0.25) is 0 Å².